The molecule has 1 N–H and O–H groups in total. The van der Waals surface area contributed by atoms with E-state index in [1.165, 1.54) is 21.4 Å². The third-order valence-electron chi connectivity index (χ3n) is 2.60. The van der Waals surface area contributed by atoms with E-state index in [0.29, 0.717) is 0 Å². The summed E-state index contributed by atoms with van der Waals surface area (Å²) >= 11 is 1.78. The first-order valence-corrected chi connectivity index (χ1v) is 5.71. The van der Waals surface area contributed by atoms with Crippen LogP contribution in [-0.2, 0) is 0 Å². The summed E-state index contributed by atoms with van der Waals surface area (Å²) in [5.74, 6) is 0. The summed E-state index contributed by atoms with van der Waals surface area (Å²) < 4.78 is 0. The lowest BCUT2D eigenvalue weighted by Crippen LogP contribution is -1.75. The average molecular weight is 214 g/mol. The van der Waals surface area contributed by atoms with E-state index in [1.807, 2.05) is 18.5 Å². The molecule has 0 unspecified atom stereocenters. The largest absolute Gasteiger partial charge is 0.346 e. The number of rotatable bonds is 1. The van der Waals surface area contributed by atoms with Crippen molar-refractivity contribution in [1.82, 2.24) is 9.97 Å². The van der Waals surface area contributed by atoms with Crippen LogP contribution in [0.2, 0.25) is 0 Å². The molecule has 0 aliphatic rings. The molecule has 0 saturated heterocycles. The van der Waals surface area contributed by atoms with Gasteiger partial charge < -0.3 is 4.98 Å². The molecule has 3 aromatic heterocycles. The highest BCUT2D eigenvalue weighted by Crippen LogP contribution is 2.32. The normalized spacial score (nSPS) is 11.0. The lowest BCUT2D eigenvalue weighted by Gasteiger charge is -1.96. The van der Waals surface area contributed by atoms with Crippen molar-refractivity contribution < 1.29 is 0 Å². The molecule has 0 atom stereocenters. The lowest BCUT2D eigenvalue weighted by atomic mass is 10.1. The van der Waals surface area contributed by atoms with Crippen LogP contribution in [0.1, 0.15) is 4.88 Å². The van der Waals surface area contributed by atoms with Crippen molar-refractivity contribution in [3.05, 3.63) is 40.8 Å². The number of aryl methyl sites for hydroxylation is 1. The zero-order valence-corrected chi connectivity index (χ0v) is 9.14. The molecular weight excluding hydrogens is 204 g/mol. The van der Waals surface area contributed by atoms with Crippen LogP contribution < -0.4 is 0 Å². The fourth-order valence-corrected chi connectivity index (χ4v) is 2.56. The average Bonchev–Trinajstić information content (AvgIpc) is 2.83. The first-order chi connectivity index (χ1) is 7.36. The minimum Gasteiger partial charge on any atom is -0.346 e. The number of aromatic amines is 1. The molecule has 0 bridgehead atoms. The fraction of sp³-hybridized carbons (Fsp3) is 0.0833. The number of nitrogens with one attached hydrogen (secondary N) is 1. The Morgan fingerprint density at radius 1 is 1.27 bits per heavy atom. The number of pyridine rings is 1. The number of fused-ring (bicyclic) bond motifs is 1. The van der Waals surface area contributed by atoms with E-state index in [1.54, 1.807) is 11.3 Å². The van der Waals surface area contributed by atoms with Gasteiger partial charge in [-0.25, -0.2) is 4.98 Å². The number of H-pyrrole nitrogens is 1. The molecule has 0 fully saturated rings. The Kier molecular flexibility index (Phi) is 1.86. The highest BCUT2D eigenvalue weighted by molar-refractivity contribution is 7.10. The van der Waals surface area contributed by atoms with Gasteiger partial charge in [-0.05, 0) is 36.1 Å². The minimum atomic E-state index is 0.957. The highest BCUT2D eigenvalue weighted by atomic mass is 32.1. The van der Waals surface area contributed by atoms with Gasteiger partial charge in [-0.1, -0.05) is 0 Å². The van der Waals surface area contributed by atoms with Crippen molar-refractivity contribution in [3.63, 3.8) is 0 Å². The summed E-state index contributed by atoms with van der Waals surface area (Å²) in [6, 6.07) is 6.24. The van der Waals surface area contributed by atoms with Crippen LogP contribution in [-0.4, -0.2) is 9.97 Å². The van der Waals surface area contributed by atoms with Gasteiger partial charge in [0.1, 0.15) is 5.65 Å². The van der Waals surface area contributed by atoms with Crippen molar-refractivity contribution in [1.29, 1.82) is 0 Å². The molecule has 74 valence electrons. The van der Waals surface area contributed by atoms with Crippen molar-refractivity contribution in [2.75, 3.05) is 0 Å². The topological polar surface area (TPSA) is 28.7 Å². The summed E-state index contributed by atoms with van der Waals surface area (Å²) in [5.41, 5.74) is 3.51. The van der Waals surface area contributed by atoms with Gasteiger partial charge in [-0.3, -0.25) is 0 Å². The van der Waals surface area contributed by atoms with Crippen molar-refractivity contribution in [2.45, 2.75) is 6.92 Å². The molecule has 3 heterocycles. The number of aromatic nitrogens is 2. The molecule has 0 aliphatic heterocycles. The van der Waals surface area contributed by atoms with E-state index >= 15 is 0 Å². The van der Waals surface area contributed by atoms with Crippen molar-refractivity contribution in [2.24, 2.45) is 0 Å². The molecule has 0 spiro atoms. The molecule has 0 saturated carbocycles. The third-order valence-corrected chi connectivity index (χ3v) is 3.45. The van der Waals surface area contributed by atoms with Crippen LogP contribution in [0.15, 0.2) is 36.0 Å². The zero-order valence-electron chi connectivity index (χ0n) is 8.32. The summed E-state index contributed by atoms with van der Waals surface area (Å²) in [5, 5.41) is 3.32. The SMILES string of the molecule is Cc1sccc1-c1c[nH]c2ncccc12. The van der Waals surface area contributed by atoms with E-state index < -0.39 is 0 Å². The van der Waals surface area contributed by atoms with Crippen LogP contribution >= 0.6 is 11.3 Å². The second-order valence-corrected chi connectivity index (χ2v) is 4.61. The molecule has 0 aliphatic carbocycles. The summed E-state index contributed by atoms with van der Waals surface area (Å²) in [7, 11) is 0. The maximum Gasteiger partial charge on any atom is 0.137 e. The van der Waals surface area contributed by atoms with E-state index in [4.69, 9.17) is 0 Å². The Hall–Kier alpha value is -1.61. The molecular formula is C12H10N2S. The van der Waals surface area contributed by atoms with Crippen LogP contribution in [0.25, 0.3) is 22.2 Å². The standard InChI is InChI=1S/C12H10N2S/c1-8-9(4-6-15-8)11-7-14-12-10(11)3-2-5-13-12/h2-7H,1H3,(H,13,14). The number of nitrogens with zero attached hydrogens (tertiary/aromatic N) is 1. The van der Waals surface area contributed by atoms with Gasteiger partial charge in [0.05, 0.1) is 0 Å². The third kappa shape index (κ3) is 1.27. The minimum absolute atomic E-state index is 0.957. The van der Waals surface area contributed by atoms with E-state index in [2.05, 4.69) is 34.4 Å². The molecule has 2 nitrogen and oxygen atoms in total. The number of hydrogen-bond acceptors (Lipinski definition) is 2. The first kappa shape index (κ1) is 8.68. The van der Waals surface area contributed by atoms with E-state index in [-0.39, 0.29) is 0 Å². The molecule has 3 heteroatoms. The summed E-state index contributed by atoms with van der Waals surface area (Å²) in [4.78, 5) is 8.83. The van der Waals surface area contributed by atoms with Crippen LogP contribution in [0.4, 0.5) is 0 Å². The Bertz CT molecular complexity index is 607. The quantitative estimate of drug-likeness (QED) is 0.658. The van der Waals surface area contributed by atoms with Crippen molar-refractivity contribution >= 4 is 22.4 Å². The highest BCUT2D eigenvalue weighted by Gasteiger charge is 2.08. The monoisotopic (exact) mass is 214 g/mol. The molecule has 0 radical (unpaired) electrons. The van der Waals surface area contributed by atoms with Crippen molar-refractivity contribution in [3.8, 4) is 11.1 Å². The lowest BCUT2D eigenvalue weighted by molar-refractivity contribution is 1.33. The van der Waals surface area contributed by atoms with Crippen LogP contribution in [0.5, 0.6) is 0 Å². The molecule has 0 amide bonds. The second kappa shape index (κ2) is 3.21. The predicted molar refractivity (Wildman–Crippen MR) is 64.1 cm³/mol. The molecule has 3 aromatic rings. The van der Waals surface area contributed by atoms with Gasteiger partial charge in [0.15, 0.2) is 0 Å². The molecule has 15 heavy (non-hydrogen) atoms. The Balaban J connectivity index is 2.32. The van der Waals surface area contributed by atoms with Crippen LogP contribution in [0.3, 0.4) is 0 Å². The molecule has 0 aromatic carbocycles. The van der Waals surface area contributed by atoms with Gasteiger partial charge in [0, 0.05) is 28.2 Å². The van der Waals surface area contributed by atoms with Gasteiger partial charge in [0.2, 0.25) is 0 Å². The maximum absolute atomic E-state index is 4.29. The number of hydrogen-bond donors (Lipinski definition) is 1. The van der Waals surface area contributed by atoms with Crippen LogP contribution in [0, 0.1) is 6.92 Å². The number of thiophene rings is 1. The maximum atomic E-state index is 4.29. The van der Waals surface area contributed by atoms with E-state index in [0.717, 1.165) is 5.65 Å². The summed E-state index contributed by atoms with van der Waals surface area (Å²) in [6.07, 6.45) is 3.84. The zero-order chi connectivity index (χ0) is 10.3. The van der Waals surface area contributed by atoms with E-state index in [9.17, 15) is 0 Å². The predicted octanol–water partition coefficient (Wildman–Crippen LogP) is 3.60. The summed E-state index contributed by atoms with van der Waals surface area (Å²) in [6.45, 7) is 2.15. The van der Waals surface area contributed by atoms with Gasteiger partial charge in [0.25, 0.3) is 0 Å². The Morgan fingerprint density at radius 3 is 3.00 bits per heavy atom. The first-order valence-electron chi connectivity index (χ1n) is 4.83. The smallest absolute Gasteiger partial charge is 0.137 e. The van der Waals surface area contributed by atoms with Gasteiger partial charge in [-0.15, -0.1) is 11.3 Å². The Labute approximate surface area is 91.6 Å². The molecule has 3 rings (SSSR count). The Morgan fingerprint density at radius 2 is 2.20 bits per heavy atom. The second-order valence-electron chi connectivity index (χ2n) is 3.49. The van der Waals surface area contributed by atoms with Gasteiger partial charge >= 0.3 is 0 Å². The van der Waals surface area contributed by atoms with Gasteiger partial charge in [-0.2, -0.15) is 0 Å². The fourth-order valence-electron chi connectivity index (χ4n) is 1.84.